The molecule has 1 aliphatic rings. The van der Waals surface area contributed by atoms with Crippen molar-refractivity contribution < 1.29 is 27.8 Å². The van der Waals surface area contributed by atoms with Gasteiger partial charge in [0.15, 0.2) is 5.75 Å². The summed E-state index contributed by atoms with van der Waals surface area (Å²) in [6.07, 6.45) is 1.14. The predicted molar refractivity (Wildman–Crippen MR) is 113 cm³/mol. The summed E-state index contributed by atoms with van der Waals surface area (Å²) in [5.41, 5.74) is 0.395. The zero-order valence-corrected chi connectivity index (χ0v) is 18.7. The Morgan fingerprint density at radius 1 is 1.31 bits per heavy atom. The minimum Gasteiger partial charge on any atom is -0.487 e. The maximum atomic E-state index is 13.8. The van der Waals surface area contributed by atoms with E-state index in [-0.39, 0.29) is 35.9 Å². The van der Waals surface area contributed by atoms with Crippen molar-refractivity contribution in [1.29, 1.82) is 0 Å². The van der Waals surface area contributed by atoms with Crippen LogP contribution in [0.4, 0.5) is 26.1 Å². The average molecular weight is 451 g/mol. The number of amides is 1. The van der Waals surface area contributed by atoms with Gasteiger partial charge in [-0.25, -0.2) is 15.0 Å². The second-order valence-electron chi connectivity index (χ2n) is 8.29. The van der Waals surface area contributed by atoms with E-state index in [4.69, 9.17) is 14.2 Å². The summed E-state index contributed by atoms with van der Waals surface area (Å²) in [4.78, 5) is 23.3. The fourth-order valence-corrected chi connectivity index (χ4v) is 2.88. The smallest absolute Gasteiger partial charge is 0.303 e. The Labute approximate surface area is 184 Å². The standard InChI is InChI=1S/C21H27F2N5O4/c1-12-6-18(28-19(25-12)21(5,22)23)27-15-7-17(26-13(2)29)24-8-16(15)30-9-14-10-32-20(3,4)11-31-14/h6-8,14H,9-11H2,1-5H3,(H2,24,25,26,27,28,29). The molecule has 0 radical (unpaired) electrons. The highest BCUT2D eigenvalue weighted by atomic mass is 19.3. The molecule has 2 N–H and O–H groups in total. The number of ether oxygens (including phenoxy) is 3. The second kappa shape index (κ2) is 9.29. The van der Waals surface area contributed by atoms with Crippen LogP contribution >= 0.6 is 0 Å². The van der Waals surface area contributed by atoms with Crippen LogP contribution in [0.15, 0.2) is 18.3 Å². The van der Waals surface area contributed by atoms with Gasteiger partial charge in [0.05, 0.1) is 30.7 Å². The van der Waals surface area contributed by atoms with Crippen LogP contribution in [0.3, 0.4) is 0 Å². The normalized spacial score (nSPS) is 18.2. The summed E-state index contributed by atoms with van der Waals surface area (Å²) in [6, 6.07) is 3.05. The van der Waals surface area contributed by atoms with Gasteiger partial charge in [-0.2, -0.15) is 8.78 Å². The number of nitrogens with one attached hydrogen (secondary N) is 2. The summed E-state index contributed by atoms with van der Waals surface area (Å²) in [5.74, 6) is -3.37. The maximum Gasteiger partial charge on any atom is 0.303 e. The number of anilines is 3. The van der Waals surface area contributed by atoms with Gasteiger partial charge in [-0.15, -0.1) is 0 Å². The van der Waals surface area contributed by atoms with Crippen molar-refractivity contribution in [2.75, 3.05) is 30.5 Å². The van der Waals surface area contributed by atoms with Crippen LogP contribution in [0.25, 0.3) is 0 Å². The second-order valence-corrected chi connectivity index (χ2v) is 8.29. The molecule has 3 heterocycles. The van der Waals surface area contributed by atoms with E-state index in [1.54, 1.807) is 6.92 Å². The van der Waals surface area contributed by atoms with Crippen LogP contribution in [0.2, 0.25) is 0 Å². The van der Waals surface area contributed by atoms with E-state index >= 15 is 0 Å². The number of hydrogen-bond acceptors (Lipinski definition) is 8. The average Bonchev–Trinajstić information content (AvgIpc) is 2.67. The van der Waals surface area contributed by atoms with Crippen LogP contribution < -0.4 is 15.4 Å². The largest absolute Gasteiger partial charge is 0.487 e. The van der Waals surface area contributed by atoms with Gasteiger partial charge in [0, 0.05) is 31.7 Å². The van der Waals surface area contributed by atoms with Crippen LogP contribution in [0, 0.1) is 6.92 Å². The Morgan fingerprint density at radius 2 is 2.06 bits per heavy atom. The third kappa shape index (κ3) is 6.54. The van der Waals surface area contributed by atoms with Gasteiger partial charge in [-0.1, -0.05) is 0 Å². The Morgan fingerprint density at radius 3 is 2.69 bits per heavy atom. The van der Waals surface area contributed by atoms with E-state index in [0.29, 0.717) is 30.3 Å². The lowest BCUT2D eigenvalue weighted by molar-refractivity contribution is -0.181. The number of carbonyl (C=O) groups is 1. The van der Waals surface area contributed by atoms with Gasteiger partial charge >= 0.3 is 5.92 Å². The predicted octanol–water partition coefficient (Wildman–Crippen LogP) is 3.57. The van der Waals surface area contributed by atoms with Crippen LogP contribution in [0.1, 0.15) is 39.2 Å². The Balaban J connectivity index is 1.82. The molecule has 1 unspecified atom stereocenters. The molecule has 1 amide bonds. The monoisotopic (exact) mass is 451 g/mol. The lowest BCUT2D eigenvalue weighted by atomic mass is 10.1. The Bertz CT molecular complexity index is 971. The number of hydrogen-bond donors (Lipinski definition) is 2. The molecule has 1 fully saturated rings. The summed E-state index contributed by atoms with van der Waals surface area (Å²) < 4.78 is 44.9. The first kappa shape index (κ1) is 23.7. The Hall–Kier alpha value is -2.92. The molecule has 9 nitrogen and oxygen atoms in total. The highest BCUT2D eigenvalue weighted by Crippen LogP contribution is 2.31. The molecule has 3 rings (SSSR count). The van der Waals surface area contributed by atoms with E-state index in [2.05, 4.69) is 25.6 Å². The molecule has 0 aromatic carbocycles. The van der Waals surface area contributed by atoms with Gasteiger partial charge in [0.25, 0.3) is 0 Å². The number of halogens is 2. The highest BCUT2D eigenvalue weighted by molar-refractivity contribution is 5.88. The molecule has 2 aromatic rings. The van der Waals surface area contributed by atoms with Crippen LogP contribution in [-0.4, -0.2) is 52.4 Å². The zero-order chi connectivity index (χ0) is 23.5. The van der Waals surface area contributed by atoms with E-state index in [1.165, 1.54) is 25.3 Å². The van der Waals surface area contributed by atoms with Gasteiger partial charge in [0.1, 0.15) is 24.3 Å². The molecule has 1 aliphatic heterocycles. The minimum atomic E-state index is -3.20. The third-order valence-corrected chi connectivity index (χ3v) is 4.43. The summed E-state index contributed by atoms with van der Waals surface area (Å²) in [6.45, 7) is 8.54. The number of nitrogens with zero attached hydrogens (tertiary/aromatic N) is 3. The third-order valence-electron chi connectivity index (χ3n) is 4.43. The van der Waals surface area contributed by atoms with E-state index in [0.717, 1.165) is 6.92 Å². The topological polar surface area (TPSA) is 107 Å². The first-order valence-corrected chi connectivity index (χ1v) is 10.1. The molecular formula is C21H27F2N5O4. The molecule has 1 saturated heterocycles. The molecule has 0 aliphatic carbocycles. The molecule has 0 saturated carbocycles. The first-order chi connectivity index (χ1) is 14.9. The van der Waals surface area contributed by atoms with Gasteiger partial charge < -0.3 is 24.8 Å². The highest BCUT2D eigenvalue weighted by Gasteiger charge is 2.30. The van der Waals surface area contributed by atoms with Gasteiger partial charge in [-0.05, 0) is 20.8 Å². The molecule has 2 aromatic heterocycles. The molecule has 0 spiro atoms. The van der Waals surface area contributed by atoms with Crippen molar-refractivity contribution in [1.82, 2.24) is 15.0 Å². The van der Waals surface area contributed by atoms with Gasteiger partial charge in [-0.3, -0.25) is 4.79 Å². The molecule has 32 heavy (non-hydrogen) atoms. The SMILES string of the molecule is CC(=O)Nc1cc(Nc2cc(C)nc(C(C)(F)F)n2)c(OCC2COC(C)(C)CO2)cn1. The summed E-state index contributed by atoms with van der Waals surface area (Å²) in [7, 11) is 0. The van der Waals surface area contributed by atoms with Crippen molar-refractivity contribution in [3.05, 3.63) is 29.8 Å². The van der Waals surface area contributed by atoms with Crippen LogP contribution in [-0.2, 0) is 20.2 Å². The fourth-order valence-electron chi connectivity index (χ4n) is 2.88. The van der Waals surface area contributed by atoms with Crippen LogP contribution in [0.5, 0.6) is 5.75 Å². The quantitative estimate of drug-likeness (QED) is 0.658. The lowest BCUT2D eigenvalue weighted by Gasteiger charge is -2.34. The summed E-state index contributed by atoms with van der Waals surface area (Å²) in [5, 5.41) is 5.54. The minimum absolute atomic E-state index is 0.151. The maximum absolute atomic E-state index is 13.8. The number of aryl methyl sites for hydroxylation is 1. The lowest BCUT2D eigenvalue weighted by Crippen LogP contribution is -2.44. The van der Waals surface area contributed by atoms with Crippen molar-refractivity contribution in [2.45, 2.75) is 52.2 Å². The van der Waals surface area contributed by atoms with E-state index in [9.17, 15) is 13.6 Å². The van der Waals surface area contributed by atoms with E-state index in [1.807, 2.05) is 13.8 Å². The molecule has 1 atom stereocenters. The number of alkyl halides is 2. The van der Waals surface area contributed by atoms with Crippen molar-refractivity contribution in [3.63, 3.8) is 0 Å². The first-order valence-electron chi connectivity index (χ1n) is 10.1. The number of aromatic nitrogens is 3. The van der Waals surface area contributed by atoms with Crippen molar-refractivity contribution in [3.8, 4) is 5.75 Å². The van der Waals surface area contributed by atoms with Crippen molar-refractivity contribution >= 4 is 23.2 Å². The fraction of sp³-hybridized carbons (Fsp3) is 0.524. The molecular weight excluding hydrogens is 424 g/mol. The number of carbonyl (C=O) groups excluding carboxylic acids is 1. The van der Waals surface area contributed by atoms with Crippen molar-refractivity contribution in [2.24, 2.45) is 0 Å². The molecule has 0 bridgehead atoms. The number of pyridine rings is 1. The zero-order valence-electron chi connectivity index (χ0n) is 18.7. The van der Waals surface area contributed by atoms with E-state index < -0.39 is 11.7 Å². The molecule has 11 heteroatoms. The Kier molecular flexibility index (Phi) is 6.89. The van der Waals surface area contributed by atoms with Gasteiger partial charge in [0.2, 0.25) is 11.7 Å². The molecule has 174 valence electrons. The summed E-state index contributed by atoms with van der Waals surface area (Å²) >= 11 is 0. The number of rotatable bonds is 7.